The van der Waals surface area contributed by atoms with E-state index in [0.717, 1.165) is 6.54 Å². The van der Waals surface area contributed by atoms with Gasteiger partial charge in [-0.1, -0.05) is 0 Å². The highest BCUT2D eigenvalue weighted by molar-refractivity contribution is 5.14. The van der Waals surface area contributed by atoms with Crippen molar-refractivity contribution in [3.63, 3.8) is 0 Å². The summed E-state index contributed by atoms with van der Waals surface area (Å²) in [6.45, 7) is 7.24. The lowest BCUT2D eigenvalue weighted by molar-refractivity contribution is 0.530. The molecule has 2 aromatic rings. The van der Waals surface area contributed by atoms with Crippen LogP contribution in [0.4, 0.5) is 0 Å². The number of hydrogen-bond donors (Lipinski definition) is 1. The summed E-state index contributed by atoms with van der Waals surface area (Å²) >= 11 is 0. The predicted octanol–water partition coefficient (Wildman–Crippen LogP) is 2.71. The summed E-state index contributed by atoms with van der Waals surface area (Å²) in [7, 11) is 0. The second kappa shape index (κ2) is 5.78. The van der Waals surface area contributed by atoms with Gasteiger partial charge in [-0.3, -0.25) is 9.67 Å². The molecular formula is C14H20N4. The zero-order valence-corrected chi connectivity index (χ0v) is 11.2. The van der Waals surface area contributed by atoms with Crippen molar-refractivity contribution in [3.05, 3.63) is 48.0 Å². The quantitative estimate of drug-likeness (QED) is 0.879. The van der Waals surface area contributed by atoms with Crippen molar-refractivity contribution in [2.24, 2.45) is 0 Å². The highest BCUT2D eigenvalue weighted by Gasteiger charge is 2.06. The Bertz CT molecular complexity index is 476. The van der Waals surface area contributed by atoms with Crippen LogP contribution in [0.5, 0.6) is 0 Å². The number of aromatic nitrogens is 3. The fraction of sp³-hybridized carbons (Fsp3) is 0.429. The van der Waals surface area contributed by atoms with Crippen LogP contribution in [0.15, 0.2) is 36.9 Å². The van der Waals surface area contributed by atoms with E-state index >= 15 is 0 Å². The van der Waals surface area contributed by atoms with Crippen LogP contribution < -0.4 is 5.32 Å². The Kier molecular flexibility index (Phi) is 4.10. The Labute approximate surface area is 108 Å². The van der Waals surface area contributed by atoms with Crippen LogP contribution in [0.2, 0.25) is 0 Å². The molecule has 0 aliphatic heterocycles. The van der Waals surface area contributed by atoms with E-state index in [1.54, 1.807) is 0 Å². The SMILES string of the molecule is CC(C)n1cc(CN[C@@H](C)c2ccncc2)cn1. The maximum Gasteiger partial charge on any atom is 0.0534 e. The van der Waals surface area contributed by atoms with Crippen molar-refractivity contribution in [2.45, 2.75) is 39.4 Å². The average Bonchev–Trinajstić information content (AvgIpc) is 2.86. The molecule has 0 saturated heterocycles. The molecule has 0 aromatic carbocycles. The van der Waals surface area contributed by atoms with Gasteiger partial charge in [-0.15, -0.1) is 0 Å². The summed E-state index contributed by atoms with van der Waals surface area (Å²) in [6.07, 6.45) is 7.66. The third-order valence-corrected chi connectivity index (χ3v) is 3.00. The first-order valence-corrected chi connectivity index (χ1v) is 6.33. The summed E-state index contributed by atoms with van der Waals surface area (Å²) < 4.78 is 1.98. The Morgan fingerprint density at radius 3 is 2.56 bits per heavy atom. The van der Waals surface area contributed by atoms with Gasteiger partial charge in [-0.2, -0.15) is 5.10 Å². The standard InChI is InChI=1S/C14H20N4/c1-11(2)18-10-13(9-17-18)8-16-12(3)14-4-6-15-7-5-14/h4-7,9-12,16H,8H2,1-3H3/t12-/m0/s1. The van der Waals surface area contributed by atoms with Crippen LogP contribution in [-0.2, 0) is 6.54 Å². The van der Waals surface area contributed by atoms with Gasteiger partial charge in [0.1, 0.15) is 0 Å². The lowest BCUT2D eigenvalue weighted by Crippen LogP contribution is -2.17. The zero-order chi connectivity index (χ0) is 13.0. The van der Waals surface area contributed by atoms with E-state index in [0.29, 0.717) is 12.1 Å². The topological polar surface area (TPSA) is 42.7 Å². The number of hydrogen-bond acceptors (Lipinski definition) is 3. The molecule has 2 heterocycles. The minimum absolute atomic E-state index is 0.315. The molecule has 1 atom stereocenters. The third kappa shape index (κ3) is 3.17. The lowest BCUT2D eigenvalue weighted by atomic mass is 10.1. The van der Waals surface area contributed by atoms with E-state index in [1.165, 1.54) is 11.1 Å². The average molecular weight is 244 g/mol. The number of rotatable bonds is 5. The maximum atomic E-state index is 4.33. The molecule has 0 amide bonds. The molecule has 0 aliphatic rings. The second-order valence-corrected chi connectivity index (χ2v) is 4.81. The van der Waals surface area contributed by atoms with Crippen molar-refractivity contribution in [2.75, 3.05) is 0 Å². The molecule has 18 heavy (non-hydrogen) atoms. The van der Waals surface area contributed by atoms with Crippen LogP contribution in [-0.4, -0.2) is 14.8 Å². The van der Waals surface area contributed by atoms with Crippen molar-refractivity contribution in [3.8, 4) is 0 Å². The molecule has 4 nitrogen and oxygen atoms in total. The first kappa shape index (κ1) is 12.8. The molecule has 4 heteroatoms. The van der Waals surface area contributed by atoms with Crippen LogP contribution >= 0.6 is 0 Å². The first-order chi connectivity index (χ1) is 8.66. The van der Waals surface area contributed by atoms with Crippen molar-refractivity contribution >= 4 is 0 Å². The third-order valence-electron chi connectivity index (χ3n) is 3.00. The number of nitrogens with one attached hydrogen (secondary N) is 1. The Balaban J connectivity index is 1.91. The van der Waals surface area contributed by atoms with E-state index in [4.69, 9.17) is 0 Å². The van der Waals surface area contributed by atoms with E-state index < -0.39 is 0 Å². The van der Waals surface area contributed by atoms with Gasteiger partial charge in [0.05, 0.1) is 6.20 Å². The molecule has 0 aliphatic carbocycles. The van der Waals surface area contributed by atoms with Gasteiger partial charge in [0.15, 0.2) is 0 Å². The minimum atomic E-state index is 0.315. The minimum Gasteiger partial charge on any atom is -0.306 e. The molecule has 2 rings (SSSR count). The summed E-state index contributed by atoms with van der Waals surface area (Å²) in [6, 6.07) is 4.80. The Morgan fingerprint density at radius 1 is 1.22 bits per heavy atom. The smallest absolute Gasteiger partial charge is 0.0534 e. The van der Waals surface area contributed by atoms with Crippen LogP contribution in [0.1, 0.15) is 44.0 Å². The van der Waals surface area contributed by atoms with Crippen LogP contribution in [0, 0.1) is 0 Å². The molecule has 0 spiro atoms. The van der Waals surface area contributed by atoms with E-state index in [9.17, 15) is 0 Å². The van der Waals surface area contributed by atoms with Gasteiger partial charge in [0, 0.05) is 42.8 Å². The van der Waals surface area contributed by atoms with Gasteiger partial charge >= 0.3 is 0 Å². The normalized spacial score (nSPS) is 12.9. The van der Waals surface area contributed by atoms with Crippen LogP contribution in [0.25, 0.3) is 0 Å². The fourth-order valence-electron chi connectivity index (χ4n) is 1.79. The molecule has 2 aromatic heterocycles. The van der Waals surface area contributed by atoms with E-state index in [-0.39, 0.29) is 0 Å². The van der Waals surface area contributed by atoms with Gasteiger partial charge in [-0.25, -0.2) is 0 Å². The summed E-state index contributed by atoms with van der Waals surface area (Å²) in [4.78, 5) is 4.03. The van der Waals surface area contributed by atoms with E-state index in [1.807, 2.05) is 35.4 Å². The summed E-state index contributed by atoms with van der Waals surface area (Å²) in [5.41, 5.74) is 2.46. The Hall–Kier alpha value is -1.68. The molecule has 1 N–H and O–H groups in total. The summed E-state index contributed by atoms with van der Waals surface area (Å²) in [5.74, 6) is 0. The Morgan fingerprint density at radius 2 is 1.94 bits per heavy atom. The first-order valence-electron chi connectivity index (χ1n) is 6.33. The van der Waals surface area contributed by atoms with Crippen molar-refractivity contribution < 1.29 is 0 Å². The molecule has 0 fully saturated rings. The zero-order valence-electron chi connectivity index (χ0n) is 11.2. The molecular weight excluding hydrogens is 224 g/mol. The van der Waals surface area contributed by atoms with Crippen molar-refractivity contribution in [1.82, 2.24) is 20.1 Å². The summed E-state index contributed by atoms with van der Waals surface area (Å²) in [5, 5.41) is 7.82. The molecule has 0 unspecified atom stereocenters. The number of nitrogens with zero attached hydrogens (tertiary/aromatic N) is 3. The lowest BCUT2D eigenvalue weighted by Gasteiger charge is -2.13. The molecule has 96 valence electrons. The van der Waals surface area contributed by atoms with Crippen LogP contribution in [0.3, 0.4) is 0 Å². The number of pyridine rings is 1. The van der Waals surface area contributed by atoms with E-state index in [2.05, 4.69) is 42.4 Å². The monoisotopic (exact) mass is 244 g/mol. The molecule has 0 saturated carbocycles. The second-order valence-electron chi connectivity index (χ2n) is 4.81. The van der Waals surface area contributed by atoms with Gasteiger partial charge in [0.2, 0.25) is 0 Å². The van der Waals surface area contributed by atoms with Crippen molar-refractivity contribution in [1.29, 1.82) is 0 Å². The highest BCUT2D eigenvalue weighted by atomic mass is 15.3. The van der Waals surface area contributed by atoms with Gasteiger partial charge < -0.3 is 5.32 Å². The molecule has 0 radical (unpaired) electrons. The largest absolute Gasteiger partial charge is 0.306 e. The van der Waals surface area contributed by atoms with Gasteiger partial charge in [-0.05, 0) is 38.5 Å². The highest BCUT2D eigenvalue weighted by Crippen LogP contribution is 2.12. The van der Waals surface area contributed by atoms with Gasteiger partial charge in [0.25, 0.3) is 0 Å². The molecule has 0 bridgehead atoms. The fourth-order valence-corrected chi connectivity index (χ4v) is 1.79. The predicted molar refractivity (Wildman–Crippen MR) is 72.1 cm³/mol. The maximum absolute atomic E-state index is 4.33.